The first-order chi connectivity index (χ1) is 6.95. The van der Waals surface area contributed by atoms with Crippen molar-refractivity contribution in [3.05, 3.63) is 0 Å². The Morgan fingerprint density at radius 1 is 1.06 bits per heavy atom. The average molecular weight is 290 g/mol. The molecule has 0 unspecified atom stereocenters. The molecule has 0 aromatic carbocycles. The second-order valence-electron chi connectivity index (χ2n) is 2.38. The third-order valence-corrected chi connectivity index (χ3v) is 2.61. The minimum absolute atomic E-state index is 0.252. The highest BCUT2D eigenvalue weighted by Gasteiger charge is 2.74. The van der Waals surface area contributed by atoms with E-state index in [1.807, 2.05) is 0 Å². The topological polar surface area (TPSA) is 9.23 Å². The van der Waals surface area contributed by atoms with Gasteiger partial charge < -0.3 is 4.74 Å². The lowest BCUT2D eigenvalue weighted by Gasteiger charge is -2.28. The number of hydrogen-bond donors (Lipinski definition) is 0. The van der Waals surface area contributed by atoms with Crippen LogP contribution in [0.25, 0.3) is 0 Å². The van der Waals surface area contributed by atoms with Crippen LogP contribution in [-0.2, 0) is 4.74 Å². The zero-order chi connectivity index (χ0) is 13.2. The number of halogens is 7. The second kappa shape index (κ2) is 4.94. The molecule has 0 saturated carbocycles. The second-order valence-corrected chi connectivity index (χ2v) is 4.14. The summed E-state index contributed by atoms with van der Waals surface area (Å²) in [6.45, 7) is 1.03. The van der Waals surface area contributed by atoms with Crippen molar-refractivity contribution >= 4 is 28.4 Å². The lowest BCUT2D eigenvalue weighted by molar-refractivity contribution is -0.302. The van der Waals surface area contributed by atoms with Crippen LogP contribution in [0.1, 0.15) is 6.92 Å². The molecule has 0 atom stereocenters. The third-order valence-electron chi connectivity index (χ3n) is 1.22. The number of hydrogen-bond acceptors (Lipinski definition) is 3. The van der Waals surface area contributed by atoms with E-state index in [1.54, 1.807) is 0 Å². The van der Waals surface area contributed by atoms with Gasteiger partial charge in [0, 0.05) is 0 Å². The van der Waals surface area contributed by atoms with E-state index in [1.165, 1.54) is 6.92 Å². The third kappa shape index (κ3) is 3.37. The van der Waals surface area contributed by atoms with Gasteiger partial charge in [0.25, 0.3) is 0 Å². The highest BCUT2D eigenvalue weighted by atomic mass is 32.2. The molecule has 10 heteroatoms. The molecule has 0 rings (SSSR count). The summed E-state index contributed by atoms with van der Waals surface area (Å²) >= 11 is 2.82. The van der Waals surface area contributed by atoms with E-state index in [-0.39, 0.29) is 6.61 Å². The molecular weight excluding hydrogens is 285 g/mol. The van der Waals surface area contributed by atoms with Crippen LogP contribution in [0.3, 0.4) is 0 Å². The Hall–Kier alpha value is -0.250. The predicted molar refractivity (Wildman–Crippen MR) is 47.8 cm³/mol. The van der Waals surface area contributed by atoms with Gasteiger partial charge in [0.1, 0.15) is 0 Å². The quantitative estimate of drug-likeness (QED) is 0.565. The van der Waals surface area contributed by atoms with Crippen molar-refractivity contribution in [2.45, 2.75) is 24.3 Å². The van der Waals surface area contributed by atoms with E-state index in [2.05, 4.69) is 17.0 Å². The number of alkyl halides is 7. The van der Waals surface area contributed by atoms with Crippen LogP contribution in [0.4, 0.5) is 30.7 Å². The molecular formula is C6H5F7OS2. The van der Waals surface area contributed by atoms with Crippen molar-refractivity contribution in [2.75, 3.05) is 6.61 Å². The fraction of sp³-hybridized carbons (Fsp3) is 0.833. The van der Waals surface area contributed by atoms with E-state index >= 15 is 0 Å². The normalized spacial score (nSPS) is 13.8. The van der Waals surface area contributed by atoms with Crippen molar-refractivity contribution in [3.63, 3.8) is 0 Å². The fourth-order valence-electron chi connectivity index (χ4n) is 0.539. The molecule has 0 aromatic rings. The van der Waals surface area contributed by atoms with Crippen LogP contribution in [0.2, 0.25) is 0 Å². The van der Waals surface area contributed by atoms with E-state index in [0.717, 1.165) is 0 Å². The Balaban J connectivity index is 5.06. The van der Waals surface area contributed by atoms with Crippen molar-refractivity contribution in [3.8, 4) is 0 Å². The first-order valence-corrected chi connectivity index (χ1v) is 4.86. The number of rotatable bonds is 2. The number of thioether (sulfide) groups is 1. The van der Waals surface area contributed by atoms with E-state index in [0.29, 0.717) is 0 Å². The maximum atomic E-state index is 12.9. The van der Waals surface area contributed by atoms with Gasteiger partial charge in [0.15, 0.2) is 0 Å². The Bertz CT molecular complexity index is 245. The molecule has 16 heavy (non-hydrogen) atoms. The van der Waals surface area contributed by atoms with Crippen molar-refractivity contribution in [1.29, 1.82) is 0 Å². The average Bonchev–Trinajstić information content (AvgIpc) is 1.99. The molecule has 0 heterocycles. The summed E-state index contributed by atoms with van der Waals surface area (Å²) < 4.78 is 87.8. The number of thiocarbonyl (C=S) groups is 1. The van der Waals surface area contributed by atoms with Crippen LogP contribution >= 0.6 is 24.0 Å². The molecule has 0 radical (unpaired) electrons. The van der Waals surface area contributed by atoms with Crippen molar-refractivity contribution < 1.29 is 35.5 Å². The number of ether oxygens (including phenoxy) is 1. The monoisotopic (exact) mass is 290 g/mol. The van der Waals surface area contributed by atoms with Crippen LogP contribution in [0, 0.1) is 0 Å². The summed E-state index contributed by atoms with van der Waals surface area (Å²) in [6.07, 6.45) is -12.3. The van der Waals surface area contributed by atoms with Crippen LogP contribution < -0.4 is 0 Å². The largest absolute Gasteiger partial charge is 0.479 e. The van der Waals surface area contributed by atoms with Crippen molar-refractivity contribution in [1.82, 2.24) is 0 Å². The van der Waals surface area contributed by atoms with Crippen molar-refractivity contribution in [2.24, 2.45) is 0 Å². The highest BCUT2D eigenvalue weighted by Crippen LogP contribution is 2.53. The smallest absolute Gasteiger partial charge is 0.442 e. The summed E-state index contributed by atoms with van der Waals surface area (Å²) in [4.78, 5) is 0. The molecule has 0 aliphatic carbocycles. The first kappa shape index (κ1) is 15.8. The van der Waals surface area contributed by atoms with Gasteiger partial charge in [-0.1, -0.05) is 0 Å². The summed E-state index contributed by atoms with van der Waals surface area (Å²) in [5.41, 5.74) is 0. The van der Waals surface area contributed by atoms with E-state index < -0.39 is 33.5 Å². The Kier molecular flexibility index (Phi) is 4.87. The van der Waals surface area contributed by atoms with Gasteiger partial charge in [-0.2, -0.15) is 26.3 Å². The maximum absolute atomic E-state index is 12.9. The fourth-order valence-corrected chi connectivity index (χ4v) is 1.64. The zero-order valence-electron chi connectivity index (χ0n) is 7.58. The zero-order valence-corrected chi connectivity index (χ0v) is 9.21. The molecule has 1 nitrogen and oxygen atoms in total. The van der Waals surface area contributed by atoms with E-state index in [4.69, 9.17) is 0 Å². The Labute approximate surface area is 95.3 Å². The van der Waals surface area contributed by atoms with Crippen LogP contribution in [-0.4, -0.2) is 28.3 Å². The molecule has 96 valence electrons. The Morgan fingerprint density at radius 3 is 1.69 bits per heavy atom. The summed E-state index contributed by atoms with van der Waals surface area (Å²) in [7, 11) is 0. The Morgan fingerprint density at radius 2 is 1.44 bits per heavy atom. The SMILES string of the molecule is CCOC(=S)SC(F)(C(F)(F)F)C(F)(F)F. The molecule has 0 amide bonds. The molecule has 0 bridgehead atoms. The summed E-state index contributed by atoms with van der Waals surface area (Å²) in [5.74, 6) is 0. The van der Waals surface area contributed by atoms with Gasteiger partial charge in [-0.05, 0) is 30.9 Å². The van der Waals surface area contributed by atoms with Gasteiger partial charge in [0.2, 0.25) is 4.38 Å². The van der Waals surface area contributed by atoms with Gasteiger partial charge in [-0.3, -0.25) is 0 Å². The highest BCUT2D eigenvalue weighted by molar-refractivity contribution is 8.23. The molecule has 0 saturated heterocycles. The predicted octanol–water partition coefficient (Wildman–Crippen LogP) is 3.83. The first-order valence-electron chi connectivity index (χ1n) is 3.64. The summed E-state index contributed by atoms with van der Waals surface area (Å²) in [5, 5.41) is -5.45. The molecule has 0 aliphatic heterocycles. The lowest BCUT2D eigenvalue weighted by Crippen LogP contribution is -2.51. The molecule has 0 aliphatic rings. The van der Waals surface area contributed by atoms with Gasteiger partial charge in [-0.25, -0.2) is 4.39 Å². The minimum atomic E-state index is -6.13. The van der Waals surface area contributed by atoms with Gasteiger partial charge in [-0.15, -0.1) is 0 Å². The minimum Gasteiger partial charge on any atom is -0.479 e. The molecule has 0 spiro atoms. The van der Waals surface area contributed by atoms with Crippen LogP contribution in [0.15, 0.2) is 0 Å². The molecule has 0 aromatic heterocycles. The lowest BCUT2D eigenvalue weighted by atomic mass is 10.3. The summed E-state index contributed by atoms with van der Waals surface area (Å²) in [6, 6.07) is 0. The van der Waals surface area contributed by atoms with E-state index in [9.17, 15) is 30.7 Å². The van der Waals surface area contributed by atoms with Gasteiger partial charge in [0.05, 0.1) is 6.61 Å². The van der Waals surface area contributed by atoms with Gasteiger partial charge >= 0.3 is 17.4 Å². The van der Waals surface area contributed by atoms with Crippen LogP contribution in [0.5, 0.6) is 0 Å². The standard InChI is InChI=1S/C6H5F7OS2/c1-2-14-3(15)16-4(7,5(8,9)10)6(11,12)13/h2H2,1H3. The maximum Gasteiger partial charge on any atom is 0.442 e. The molecule has 0 fully saturated rings. The molecule has 0 N–H and O–H groups in total.